The highest BCUT2D eigenvalue weighted by molar-refractivity contribution is 6.10. The summed E-state index contributed by atoms with van der Waals surface area (Å²) < 4.78 is 22.7. The van der Waals surface area contributed by atoms with Crippen LogP contribution in [0.15, 0.2) is 66.7 Å². The lowest BCUT2D eigenvalue weighted by Gasteiger charge is -2.21. The summed E-state index contributed by atoms with van der Waals surface area (Å²) in [5, 5.41) is 4.38. The Morgan fingerprint density at radius 2 is 1.42 bits per heavy atom. The van der Waals surface area contributed by atoms with Gasteiger partial charge in [-0.2, -0.15) is 0 Å². The summed E-state index contributed by atoms with van der Waals surface area (Å²) in [6.45, 7) is 4.83. The van der Waals surface area contributed by atoms with E-state index in [0.717, 1.165) is 44.0 Å². The van der Waals surface area contributed by atoms with Gasteiger partial charge in [0.05, 0.1) is 6.61 Å². The fourth-order valence-electron chi connectivity index (χ4n) is 4.10. The summed E-state index contributed by atoms with van der Waals surface area (Å²) in [4.78, 5) is 11.2. The minimum atomic E-state index is -0.323. The number of fused-ring (bicyclic) bond motifs is 2. The Balaban J connectivity index is 1.94. The van der Waals surface area contributed by atoms with Gasteiger partial charge < -0.3 is 18.9 Å². The highest BCUT2D eigenvalue weighted by Crippen LogP contribution is 2.46. The molecule has 0 atom stereocenters. The van der Waals surface area contributed by atoms with Crippen molar-refractivity contribution in [3.8, 4) is 22.6 Å². The lowest BCUT2D eigenvalue weighted by atomic mass is 9.90. The van der Waals surface area contributed by atoms with Gasteiger partial charge in [-0.15, -0.1) is 0 Å². The van der Waals surface area contributed by atoms with E-state index in [1.165, 1.54) is 6.92 Å². The number of ether oxygens (including phenoxy) is 4. The van der Waals surface area contributed by atoms with Crippen molar-refractivity contribution in [2.75, 3.05) is 33.5 Å². The maximum absolute atomic E-state index is 11.2. The number of rotatable bonds is 9. The monoisotopic (exact) mass is 444 g/mol. The number of carbonyl (C=O) groups excluding carboxylic acids is 1. The van der Waals surface area contributed by atoms with Crippen LogP contribution in [0.5, 0.6) is 11.5 Å². The first kappa shape index (κ1) is 22.6. The molecule has 0 heterocycles. The minimum absolute atomic E-state index is 0.188. The molecule has 5 nitrogen and oxygen atoms in total. The summed E-state index contributed by atoms with van der Waals surface area (Å²) >= 11 is 0. The van der Waals surface area contributed by atoms with E-state index in [1.807, 2.05) is 36.4 Å². The minimum Gasteiger partial charge on any atom is -0.490 e. The van der Waals surface area contributed by atoms with Crippen LogP contribution in [-0.4, -0.2) is 39.5 Å². The van der Waals surface area contributed by atoms with Gasteiger partial charge in [0.2, 0.25) is 0 Å². The Morgan fingerprint density at radius 3 is 2.15 bits per heavy atom. The third kappa shape index (κ3) is 4.94. The van der Waals surface area contributed by atoms with E-state index in [9.17, 15) is 4.79 Å². The SMILES string of the molecule is COCCOc1c(C)cc2ccccc2c1-c1c(OCCOC(C)=O)ccc2ccccc12. The number of aryl methyl sites for hydroxylation is 1. The Kier molecular flexibility index (Phi) is 7.10. The number of esters is 1. The van der Waals surface area contributed by atoms with Crippen molar-refractivity contribution < 1.29 is 23.7 Å². The molecular formula is C28H28O5. The summed E-state index contributed by atoms with van der Waals surface area (Å²) in [5.41, 5.74) is 2.99. The van der Waals surface area contributed by atoms with Crippen molar-refractivity contribution >= 4 is 27.5 Å². The smallest absolute Gasteiger partial charge is 0.302 e. The molecule has 0 unspecified atom stereocenters. The predicted octanol–water partition coefficient (Wildman–Crippen LogP) is 5.94. The Bertz CT molecular complexity index is 1280. The summed E-state index contributed by atoms with van der Waals surface area (Å²) in [6.07, 6.45) is 0. The molecule has 170 valence electrons. The van der Waals surface area contributed by atoms with E-state index in [4.69, 9.17) is 18.9 Å². The van der Waals surface area contributed by atoms with Crippen molar-refractivity contribution in [3.05, 3.63) is 72.3 Å². The zero-order valence-electron chi connectivity index (χ0n) is 19.2. The predicted molar refractivity (Wildman–Crippen MR) is 131 cm³/mol. The number of hydrogen-bond acceptors (Lipinski definition) is 5. The van der Waals surface area contributed by atoms with Gasteiger partial charge >= 0.3 is 5.97 Å². The summed E-state index contributed by atoms with van der Waals surface area (Å²) in [7, 11) is 1.66. The molecule has 0 amide bonds. The van der Waals surface area contributed by atoms with Gasteiger partial charge in [0.15, 0.2) is 0 Å². The molecule has 5 heteroatoms. The van der Waals surface area contributed by atoms with E-state index in [2.05, 4.69) is 37.3 Å². The van der Waals surface area contributed by atoms with Gasteiger partial charge in [0.1, 0.15) is 31.3 Å². The molecule has 0 aliphatic rings. The topological polar surface area (TPSA) is 54.0 Å². The van der Waals surface area contributed by atoms with E-state index >= 15 is 0 Å². The third-order valence-corrected chi connectivity index (χ3v) is 5.51. The third-order valence-electron chi connectivity index (χ3n) is 5.51. The van der Waals surface area contributed by atoms with Gasteiger partial charge in [-0.3, -0.25) is 4.79 Å². The molecule has 4 aromatic rings. The summed E-state index contributed by atoms with van der Waals surface area (Å²) in [6, 6.07) is 22.7. The Hall–Kier alpha value is -3.57. The second-order valence-electron chi connectivity index (χ2n) is 7.81. The molecule has 4 rings (SSSR count). The van der Waals surface area contributed by atoms with Gasteiger partial charge in [0.25, 0.3) is 0 Å². The van der Waals surface area contributed by atoms with Crippen molar-refractivity contribution in [1.29, 1.82) is 0 Å². The van der Waals surface area contributed by atoms with Crippen LogP contribution in [-0.2, 0) is 14.3 Å². The van der Waals surface area contributed by atoms with Crippen molar-refractivity contribution in [2.24, 2.45) is 0 Å². The zero-order valence-corrected chi connectivity index (χ0v) is 19.2. The molecule has 0 aliphatic carbocycles. The van der Waals surface area contributed by atoms with E-state index in [-0.39, 0.29) is 19.2 Å². The van der Waals surface area contributed by atoms with Gasteiger partial charge in [-0.05, 0) is 46.2 Å². The molecule has 0 radical (unpaired) electrons. The molecule has 0 N–H and O–H groups in total. The second-order valence-corrected chi connectivity index (χ2v) is 7.81. The van der Waals surface area contributed by atoms with Crippen LogP contribution < -0.4 is 9.47 Å². The van der Waals surface area contributed by atoms with Gasteiger partial charge in [-0.25, -0.2) is 0 Å². The second kappa shape index (κ2) is 10.4. The molecule has 0 saturated heterocycles. The average Bonchev–Trinajstić information content (AvgIpc) is 2.82. The molecule has 0 bridgehead atoms. The first-order valence-corrected chi connectivity index (χ1v) is 11.0. The van der Waals surface area contributed by atoms with E-state index < -0.39 is 0 Å². The number of benzene rings is 4. The van der Waals surface area contributed by atoms with Gasteiger partial charge in [0, 0.05) is 25.2 Å². The maximum Gasteiger partial charge on any atom is 0.302 e. The molecule has 33 heavy (non-hydrogen) atoms. The number of methoxy groups -OCH3 is 1. The molecule has 0 spiro atoms. The van der Waals surface area contributed by atoms with Crippen molar-refractivity contribution in [2.45, 2.75) is 13.8 Å². The molecule has 0 fully saturated rings. The normalized spacial score (nSPS) is 11.0. The van der Waals surface area contributed by atoms with Crippen molar-refractivity contribution in [3.63, 3.8) is 0 Å². The largest absolute Gasteiger partial charge is 0.490 e. The molecule has 4 aromatic carbocycles. The lowest BCUT2D eigenvalue weighted by molar-refractivity contribution is -0.141. The van der Waals surface area contributed by atoms with Crippen LogP contribution in [0.25, 0.3) is 32.7 Å². The molecular weight excluding hydrogens is 416 g/mol. The standard InChI is InChI=1S/C28H28O5/c1-19-18-22-9-5-7-11-24(22)27(28(19)33-15-14-30-3)26-23-10-6-4-8-21(23)12-13-25(26)32-17-16-31-20(2)29/h4-13,18H,14-17H2,1-3H3. The zero-order chi connectivity index (χ0) is 23.2. The molecule has 0 aromatic heterocycles. The van der Waals surface area contributed by atoms with Crippen molar-refractivity contribution in [1.82, 2.24) is 0 Å². The summed E-state index contributed by atoms with van der Waals surface area (Å²) in [5.74, 6) is 1.20. The highest BCUT2D eigenvalue weighted by Gasteiger charge is 2.21. The van der Waals surface area contributed by atoms with Crippen LogP contribution in [0.2, 0.25) is 0 Å². The fraction of sp³-hybridized carbons (Fsp3) is 0.250. The maximum atomic E-state index is 11.2. The first-order valence-electron chi connectivity index (χ1n) is 11.0. The molecule has 0 saturated carbocycles. The fourth-order valence-corrected chi connectivity index (χ4v) is 4.10. The Morgan fingerprint density at radius 1 is 0.758 bits per heavy atom. The van der Waals surface area contributed by atoms with Crippen LogP contribution in [0.3, 0.4) is 0 Å². The average molecular weight is 445 g/mol. The van der Waals surface area contributed by atoms with E-state index in [1.54, 1.807) is 7.11 Å². The first-order chi connectivity index (χ1) is 16.1. The van der Waals surface area contributed by atoms with Crippen LogP contribution in [0.1, 0.15) is 12.5 Å². The van der Waals surface area contributed by atoms with Crippen LogP contribution in [0.4, 0.5) is 0 Å². The van der Waals surface area contributed by atoms with Crippen LogP contribution >= 0.6 is 0 Å². The van der Waals surface area contributed by atoms with Crippen LogP contribution in [0, 0.1) is 6.92 Å². The Labute approximate surface area is 193 Å². The highest BCUT2D eigenvalue weighted by atomic mass is 16.6. The quantitative estimate of drug-likeness (QED) is 0.236. The lowest BCUT2D eigenvalue weighted by Crippen LogP contribution is -2.10. The van der Waals surface area contributed by atoms with Gasteiger partial charge in [-0.1, -0.05) is 54.6 Å². The molecule has 0 aliphatic heterocycles. The van der Waals surface area contributed by atoms with E-state index in [0.29, 0.717) is 19.0 Å². The number of carbonyl (C=O) groups is 1. The number of hydrogen-bond donors (Lipinski definition) is 0.